The summed E-state index contributed by atoms with van der Waals surface area (Å²) in [7, 11) is 0. The lowest BCUT2D eigenvalue weighted by atomic mass is 10.2. The molecule has 0 atom stereocenters. The van der Waals surface area contributed by atoms with Crippen molar-refractivity contribution in [2.75, 3.05) is 6.61 Å². The van der Waals surface area contributed by atoms with Crippen LogP contribution in [0.25, 0.3) is 15.8 Å². The van der Waals surface area contributed by atoms with Crippen LogP contribution in [0, 0.1) is 11.3 Å². The van der Waals surface area contributed by atoms with Crippen LogP contribution in [0.5, 0.6) is 5.75 Å². The molecule has 1 aromatic heterocycles. The third-order valence-electron chi connectivity index (χ3n) is 3.17. The number of halogens is 2. The predicted octanol–water partition coefficient (Wildman–Crippen LogP) is 5.47. The minimum absolute atomic E-state index is 0.0845. The van der Waals surface area contributed by atoms with Crippen LogP contribution in [0.1, 0.15) is 5.01 Å². The Morgan fingerprint density at radius 2 is 2.04 bits per heavy atom. The van der Waals surface area contributed by atoms with Crippen molar-refractivity contribution >= 4 is 50.3 Å². The Labute approximate surface area is 152 Å². The second-order valence-corrected chi connectivity index (χ2v) is 6.66. The van der Waals surface area contributed by atoms with Crippen molar-refractivity contribution < 1.29 is 9.84 Å². The molecule has 4 nitrogen and oxygen atoms in total. The first-order valence-electron chi connectivity index (χ1n) is 6.84. The van der Waals surface area contributed by atoms with Gasteiger partial charge in [-0.3, -0.25) is 0 Å². The molecule has 0 saturated heterocycles. The molecule has 0 fully saturated rings. The number of aromatic nitrogens is 1. The molecule has 0 radical (unpaired) electrons. The van der Waals surface area contributed by atoms with E-state index in [0.717, 1.165) is 10.2 Å². The first-order chi connectivity index (χ1) is 11.6. The van der Waals surface area contributed by atoms with Crippen LogP contribution in [-0.4, -0.2) is 16.7 Å². The Balaban J connectivity index is 1.86. The van der Waals surface area contributed by atoms with Gasteiger partial charge in [0.25, 0.3) is 0 Å². The lowest BCUT2D eigenvalue weighted by Crippen LogP contribution is -2.03. The van der Waals surface area contributed by atoms with E-state index in [1.165, 1.54) is 17.4 Å². The summed E-state index contributed by atoms with van der Waals surface area (Å²) in [6.45, 7) is -0.194. The number of para-hydroxylation sites is 1. The van der Waals surface area contributed by atoms with E-state index < -0.39 is 0 Å². The minimum atomic E-state index is -0.206. The largest absolute Gasteiger partial charge is 0.507 e. The zero-order valence-corrected chi connectivity index (χ0v) is 14.5. The van der Waals surface area contributed by atoms with Gasteiger partial charge in [0.2, 0.25) is 0 Å². The number of nitrogens with zero attached hydrogens (tertiary/aromatic N) is 2. The number of nitriles is 1. The van der Waals surface area contributed by atoms with Gasteiger partial charge in [0.1, 0.15) is 29.0 Å². The number of hydrogen-bond donors (Lipinski definition) is 1. The van der Waals surface area contributed by atoms with E-state index in [2.05, 4.69) is 4.98 Å². The smallest absolute Gasteiger partial charge is 0.151 e. The number of ether oxygens (including phenoxy) is 1. The molecular formula is C17H10Cl2N2O2S. The second kappa shape index (κ2) is 7.10. The third-order valence-corrected chi connectivity index (χ3v) is 4.75. The van der Waals surface area contributed by atoms with Crippen molar-refractivity contribution in [3.63, 3.8) is 0 Å². The summed E-state index contributed by atoms with van der Waals surface area (Å²) in [5.41, 5.74) is 0.862. The fourth-order valence-corrected chi connectivity index (χ4v) is 3.47. The number of hydrogen-bond acceptors (Lipinski definition) is 5. The molecule has 1 N–H and O–H groups in total. The van der Waals surface area contributed by atoms with Crippen LogP contribution in [0.3, 0.4) is 0 Å². The van der Waals surface area contributed by atoms with E-state index in [9.17, 15) is 10.4 Å². The van der Waals surface area contributed by atoms with E-state index in [4.69, 9.17) is 27.9 Å². The van der Waals surface area contributed by atoms with E-state index in [0.29, 0.717) is 20.8 Å². The maximum absolute atomic E-state index is 10.2. The van der Waals surface area contributed by atoms with Gasteiger partial charge >= 0.3 is 0 Å². The van der Waals surface area contributed by atoms with Gasteiger partial charge < -0.3 is 9.84 Å². The van der Waals surface area contributed by atoms with E-state index >= 15 is 0 Å². The molecule has 3 rings (SSSR count). The number of thiazole rings is 1. The molecule has 120 valence electrons. The first kappa shape index (κ1) is 16.6. The van der Waals surface area contributed by atoms with Gasteiger partial charge in [0.05, 0.1) is 15.2 Å². The Morgan fingerprint density at radius 3 is 2.75 bits per heavy atom. The van der Waals surface area contributed by atoms with Gasteiger partial charge in [-0.05, 0) is 30.3 Å². The standard InChI is InChI=1S/C17H10Cl2N2O2S/c18-10-5-6-15(12(19)7-10)23-9-14(22)11(8-20)17-21-13-3-1-2-4-16(13)24-17/h1-7,22H,9H2/b14-11-. The predicted molar refractivity (Wildman–Crippen MR) is 96.7 cm³/mol. The quantitative estimate of drug-likeness (QED) is 0.483. The highest BCUT2D eigenvalue weighted by atomic mass is 35.5. The molecule has 1 heterocycles. The summed E-state index contributed by atoms with van der Waals surface area (Å²) < 4.78 is 6.40. The Kier molecular flexibility index (Phi) is 4.91. The lowest BCUT2D eigenvalue weighted by molar-refractivity contribution is 0.273. The molecule has 7 heteroatoms. The number of fused-ring (bicyclic) bond motifs is 1. The molecular weight excluding hydrogens is 367 g/mol. The zero-order chi connectivity index (χ0) is 17.1. The monoisotopic (exact) mass is 376 g/mol. The summed E-state index contributed by atoms with van der Waals surface area (Å²) >= 11 is 13.2. The molecule has 2 aromatic carbocycles. The highest BCUT2D eigenvalue weighted by Crippen LogP contribution is 2.30. The summed E-state index contributed by atoms with van der Waals surface area (Å²) in [5.74, 6) is 0.164. The van der Waals surface area contributed by atoms with Gasteiger partial charge in [-0.15, -0.1) is 11.3 Å². The van der Waals surface area contributed by atoms with Gasteiger partial charge in [-0.25, -0.2) is 4.98 Å². The average molecular weight is 377 g/mol. The summed E-state index contributed by atoms with van der Waals surface area (Å²) in [6.07, 6.45) is 0. The summed E-state index contributed by atoms with van der Waals surface area (Å²) in [4.78, 5) is 4.37. The van der Waals surface area contributed by atoms with Crippen molar-refractivity contribution in [2.45, 2.75) is 0 Å². The number of rotatable bonds is 4. The normalized spacial score (nSPS) is 11.9. The molecule has 0 amide bonds. The highest BCUT2D eigenvalue weighted by molar-refractivity contribution is 7.19. The van der Waals surface area contributed by atoms with Gasteiger partial charge in [-0.2, -0.15) is 5.26 Å². The third kappa shape index (κ3) is 3.46. The zero-order valence-electron chi connectivity index (χ0n) is 12.2. The van der Waals surface area contributed by atoms with Gasteiger partial charge in [0.15, 0.2) is 5.76 Å². The number of allylic oxidation sites excluding steroid dienone is 1. The fourth-order valence-electron chi connectivity index (χ4n) is 2.03. The van der Waals surface area contributed by atoms with Crippen molar-refractivity contribution in [1.29, 1.82) is 5.26 Å². The van der Waals surface area contributed by atoms with Crippen LogP contribution >= 0.6 is 34.5 Å². The Morgan fingerprint density at radius 1 is 1.25 bits per heavy atom. The summed E-state index contributed by atoms with van der Waals surface area (Å²) in [6, 6.07) is 14.3. The van der Waals surface area contributed by atoms with Gasteiger partial charge in [0, 0.05) is 5.02 Å². The lowest BCUT2D eigenvalue weighted by Gasteiger charge is -2.08. The second-order valence-electron chi connectivity index (χ2n) is 4.78. The molecule has 0 aliphatic carbocycles. The fraction of sp³-hybridized carbons (Fsp3) is 0.0588. The van der Waals surface area contributed by atoms with E-state index in [1.807, 2.05) is 30.3 Å². The minimum Gasteiger partial charge on any atom is -0.507 e. The molecule has 0 aliphatic heterocycles. The van der Waals surface area contributed by atoms with Crippen molar-refractivity contribution in [3.05, 3.63) is 63.3 Å². The van der Waals surface area contributed by atoms with Crippen molar-refractivity contribution in [1.82, 2.24) is 4.98 Å². The average Bonchev–Trinajstić information content (AvgIpc) is 2.98. The number of benzene rings is 2. The van der Waals surface area contributed by atoms with Crippen LogP contribution in [-0.2, 0) is 0 Å². The first-order valence-corrected chi connectivity index (χ1v) is 8.41. The van der Waals surface area contributed by atoms with Crippen molar-refractivity contribution in [2.24, 2.45) is 0 Å². The van der Waals surface area contributed by atoms with Crippen LogP contribution in [0.15, 0.2) is 48.2 Å². The molecule has 0 unspecified atom stereocenters. The Hall–Kier alpha value is -2.26. The van der Waals surface area contributed by atoms with E-state index in [1.54, 1.807) is 12.1 Å². The molecule has 3 aromatic rings. The summed E-state index contributed by atoms with van der Waals surface area (Å²) in [5, 5.41) is 20.8. The SMILES string of the molecule is N#C/C(=C(/O)COc1ccc(Cl)cc1Cl)c1nc2ccccc2s1. The van der Waals surface area contributed by atoms with Crippen LogP contribution in [0.4, 0.5) is 0 Å². The number of aliphatic hydroxyl groups excluding tert-OH is 1. The molecule has 0 bridgehead atoms. The van der Waals surface area contributed by atoms with Crippen LogP contribution in [0.2, 0.25) is 10.0 Å². The van der Waals surface area contributed by atoms with E-state index in [-0.39, 0.29) is 17.9 Å². The maximum Gasteiger partial charge on any atom is 0.151 e. The Bertz CT molecular complexity index is 943. The van der Waals surface area contributed by atoms with Crippen LogP contribution < -0.4 is 4.74 Å². The number of aliphatic hydroxyl groups is 1. The van der Waals surface area contributed by atoms with Gasteiger partial charge in [-0.1, -0.05) is 35.3 Å². The molecule has 0 spiro atoms. The van der Waals surface area contributed by atoms with Crippen molar-refractivity contribution in [3.8, 4) is 11.8 Å². The topological polar surface area (TPSA) is 66.1 Å². The molecule has 0 aliphatic rings. The maximum atomic E-state index is 10.2. The molecule has 24 heavy (non-hydrogen) atoms. The highest BCUT2D eigenvalue weighted by Gasteiger charge is 2.14. The molecule has 0 saturated carbocycles.